The molecule has 8 nitrogen and oxygen atoms in total. The summed E-state index contributed by atoms with van der Waals surface area (Å²) in [5.41, 5.74) is 3.84. The van der Waals surface area contributed by atoms with Crippen LogP contribution in [0.5, 0.6) is 0 Å². The summed E-state index contributed by atoms with van der Waals surface area (Å²) in [6.45, 7) is 0. The van der Waals surface area contributed by atoms with E-state index in [1.54, 1.807) is 48.5 Å². The summed E-state index contributed by atoms with van der Waals surface area (Å²) >= 11 is 12.4. The molecule has 2 aromatic carbocycles. The molecule has 1 heterocycles. The summed E-state index contributed by atoms with van der Waals surface area (Å²) in [5, 5.41) is 13.0. The molecule has 0 radical (unpaired) electrons. The topological polar surface area (TPSA) is 116 Å². The molecule has 1 unspecified atom stereocenters. The molecule has 1 aromatic heterocycles. The fourth-order valence-electron chi connectivity index (χ4n) is 2.69. The number of rotatable bonds is 9. The maximum absolute atomic E-state index is 12.9. The van der Waals surface area contributed by atoms with Gasteiger partial charge in [-0.1, -0.05) is 59.6 Å². The maximum Gasteiger partial charge on any atom is 0.351 e. The number of hydroxylamine groups is 1. The number of aromatic nitrogens is 2. The van der Waals surface area contributed by atoms with E-state index < -0.39 is 24.0 Å². The first-order valence-electron chi connectivity index (χ1n) is 8.87. The van der Waals surface area contributed by atoms with Crippen LogP contribution in [0.25, 0.3) is 0 Å². The first kappa shape index (κ1) is 21.6. The predicted octanol–water partition coefficient (Wildman–Crippen LogP) is 3.61. The van der Waals surface area contributed by atoms with E-state index in [9.17, 15) is 14.7 Å². The summed E-state index contributed by atoms with van der Waals surface area (Å²) < 4.78 is 0. The minimum Gasteiger partial charge on any atom is -0.480 e. The van der Waals surface area contributed by atoms with Gasteiger partial charge in [0.2, 0.25) is 0 Å². The second kappa shape index (κ2) is 10.1. The van der Waals surface area contributed by atoms with Crippen LogP contribution in [0.1, 0.15) is 17.3 Å². The Labute approximate surface area is 182 Å². The molecule has 0 bridgehead atoms. The molecular formula is C20H18Cl2N4O4. The number of carbonyl (C=O) groups is 2. The third-order valence-electron chi connectivity index (χ3n) is 4.20. The summed E-state index contributed by atoms with van der Waals surface area (Å²) in [7, 11) is 0. The third kappa shape index (κ3) is 5.50. The van der Waals surface area contributed by atoms with Crippen molar-refractivity contribution in [1.82, 2.24) is 15.4 Å². The monoisotopic (exact) mass is 448 g/mol. The van der Waals surface area contributed by atoms with Crippen LogP contribution < -0.4 is 10.8 Å². The van der Waals surface area contributed by atoms with Gasteiger partial charge in [0.25, 0.3) is 0 Å². The van der Waals surface area contributed by atoms with Gasteiger partial charge in [0.1, 0.15) is 6.04 Å². The number of nitrogens with zero attached hydrogens (tertiary/aromatic N) is 1. The molecule has 0 aliphatic heterocycles. The van der Waals surface area contributed by atoms with E-state index in [-0.39, 0.29) is 6.42 Å². The lowest BCUT2D eigenvalue weighted by molar-refractivity contribution is -0.158. The van der Waals surface area contributed by atoms with Crippen molar-refractivity contribution in [2.24, 2.45) is 0 Å². The minimum atomic E-state index is -1.18. The summed E-state index contributed by atoms with van der Waals surface area (Å²) in [4.78, 5) is 36.2. The molecule has 0 spiro atoms. The number of carboxylic acid groups (broad SMARTS) is 1. The second-order valence-corrected chi connectivity index (χ2v) is 7.11. The zero-order valence-electron chi connectivity index (χ0n) is 15.5. The van der Waals surface area contributed by atoms with Crippen LogP contribution in [0.2, 0.25) is 10.0 Å². The summed E-state index contributed by atoms with van der Waals surface area (Å²) in [6, 6.07) is 11.6. The van der Waals surface area contributed by atoms with E-state index in [4.69, 9.17) is 28.0 Å². The quantitative estimate of drug-likeness (QED) is 0.369. The molecule has 3 aromatic rings. The number of nitrogens with one attached hydrogen (secondary N) is 3. The number of H-pyrrole nitrogens is 1. The van der Waals surface area contributed by atoms with Gasteiger partial charge in [0.15, 0.2) is 6.04 Å². The van der Waals surface area contributed by atoms with Crippen molar-refractivity contribution >= 4 is 40.8 Å². The van der Waals surface area contributed by atoms with Crippen LogP contribution >= 0.6 is 23.2 Å². The van der Waals surface area contributed by atoms with Crippen LogP contribution in [0.4, 0.5) is 5.69 Å². The smallest absolute Gasteiger partial charge is 0.351 e. The first-order chi connectivity index (χ1) is 14.5. The molecule has 2 atom stereocenters. The Morgan fingerprint density at radius 2 is 1.80 bits per heavy atom. The average molecular weight is 449 g/mol. The number of benzene rings is 2. The third-order valence-corrected chi connectivity index (χ3v) is 4.83. The number of carbonyl (C=O) groups excluding carboxylic acids is 1. The molecule has 0 aliphatic rings. The lowest BCUT2D eigenvalue weighted by atomic mass is 10.1. The lowest BCUT2D eigenvalue weighted by Gasteiger charge is -2.21. The molecule has 0 saturated carbocycles. The average Bonchev–Trinajstić information content (AvgIpc) is 3.24. The number of carboxylic acids is 1. The Hall–Kier alpha value is -3.07. The minimum absolute atomic E-state index is 0.0440. The van der Waals surface area contributed by atoms with Gasteiger partial charge in [-0.05, 0) is 17.7 Å². The Bertz CT molecular complexity index is 979. The van der Waals surface area contributed by atoms with Gasteiger partial charge in [-0.25, -0.2) is 9.78 Å². The second-order valence-electron chi connectivity index (χ2n) is 6.30. The number of anilines is 1. The highest BCUT2D eigenvalue weighted by Crippen LogP contribution is 2.33. The number of hydrogen-bond donors (Lipinski definition) is 4. The molecular weight excluding hydrogens is 431 g/mol. The zero-order valence-corrected chi connectivity index (χ0v) is 17.0. The number of imidazole rings is 1. The van der Waals surface area contributed by atoms with Crippen molar-refractivity contribution in [2.75, 3.05) is 5.32 Å². The Morgan fingerprint density at radius 3 is 2.40 bits per heavy atom. The van der Waals surface area contributed by atoms with E-state index in [1.807, 2.05) is 0 Å². The predicted molar refractivity (Wildman–Crippen MR) is 112 cm³/mol. The fraction of sp³-hybridized carbons (Fsp3) is 0.150. The van der Waals surface area contributed by atoms with Gasteiger partial charge in [0, 0.05) is 18.3 Å². The first-order valence-corrected chi connectivity index (χ1v) is 9.63. The highest BCUT2D eigenvalue weighted by molar-refractivity contribution is 6.39. The van der Waals surface area contributed by atoms with Crippen molar-refractivity contribution in [2.45, 2.75) is 18.5 Å². The normalized spacial score (nSPS) is 12.7. The Balaban J connectivity index is 1.77. The number of halogens is 2. The van der Waals surface area contributed by atoms with E-state index >= 15 is 0 Å². The lowest BCUT2D eigenvalue weighted by Crippen LogP contribution is -2.41. The van der Waals surface area contributed by atoms with Gasteiger partial charge >= 0.3 is 11.9 Å². The van der Waals surface area contributed by atoms with Crippen LogP contribution in [-0.4, -0.2) is 33.1 Å². The van der Waals surface area contributed by atoms with Gasteiger partial charge in [-0.3, -0.25) is 4.79 Å². The highest BCUT2D eigenvalue weighted by atomic mass is 35.5. The molecule has 0 saturated heterocycles. The maximum atomic E-state index is 12.9. The van der Waals surface area contributed by atoms with E-state index in [1.165, 1.54) is 12.5 Å². The molecule has 30 heavy (non-hydrogen) atoms. The molecule has 0 fully saturated rings. The highest BCUT2D eigenvalue weighted by Gasteiger charge is 2.27. The zero-order chi connectivity index (χ0) is 21.5. The molecule has 10 heteroatoms. The van der Waals surface area contributed by atoms with Crippen LogP contribution in [-0.2, 0) is 20.8 Å². The number of aromatic amines is 1. The van der Waals surface area contributed by atoms with Gasteiger partial charge < -0.3 is 20.2 Å². The number of aliphatic carboxylic acids is 1. The van der Waals surface area contributed by atoms with Crippen LogP contribution in [0, 0.1) is 0 Å². The SMILES string of the molecule is O=C(ON[C@@H](Cc1cnc[nH]1)C(=O)O)C(Nc1c(Cl)cccc1Cl)c1ccccc1. The van der Waals surface area contributed by atoms with Gasteiger partial charge in [-0.15, -0.1) is 5.48 Å². The van der Waals surface area contributed by atoms with Crippen molar-refractivity contribution in [1.29, 1.82) is 0 Å². The molecule has 156 valence electrons. The van der Waals surface area contributed by atoms with E-state index in [2.05, 4.69) is 20.8 Å². The summed E-state index contributed by atoms with van der Waals surface area (Å²) in [6.07, 6.45) is 2.97. The van der Waals surface area contributed by atoms with Crippen LogP contribution in [0.15, 0.2) is 61.1 Å². The van der Waals surface area contributed by atoms with Crippen molar-refractivity contribution in [3.05, 3.63) is 82.4 Å². The molecule has 4 N–H and O–H groups in total. The molecule has 0 aliphatic carbocycles. The molecule has 0 amide bonds. The Morgan fingerprint density at radius 1 is 1.10 bits per heavy atom. The van der Waals surface area contributed by atoms with Crippen molar-refractivity contribution in [3.63, 3.8) is 0 Å². The number of hydrogen-bond acceptors (Lipinski definition) is 6. The van der Waals surface area contributed by atoms with Gasteiger partial charge in [-0.2, -0.15) is 0 Å². The Kier molecular flexibility index (Phi) is 7.29. The number of para-hydroxylation sites is 1. The molecule has 3 rings (SSSR count). The van der Waals surface area contributed by atoms with Gasteiger partial charge in [0.05, 0.1) is 22.1 Å². The van der Waals surface area contributed by atoms with E-state index in [0.29, 0.717) is 27.0 Å². The van der Waals surface area contributed by atoms with Crippen LogP contribution in [0.3, 0.4) is 0 Å². The van der Waals surface area contributed by atoms with E-state index in [0.717, 1.165) is 0 Å². The van der Waals surface area contributed by atoms with Crippen molar-refractivity contribution in [3.8, 4) is 0 Å². The standard InChI is InChI=1S/C20H18Cl2N4O4/c21-14-7-4-8-15(22)18(14)25-17(12-5-2-1-3-6-12)20(29)30-26-16(19(27)28)9-13-10-23-11-24-13/h1-8,10-11,16-17,25-26H,9H2,(H,23,24)(H,27,28)/t16-,17?/m0/s1. The fourth-order valence-corrected chi connectivity index (χ4v) is 3.19. The largest absolute Gasteiger partial charge is 0.480 e. The summed E-state index contributed by atoms with van der Waals surface area (Å²) in [5.74, 6) is -1.94. The van der Waals surface area contributed by atoms with Crippen molar-refractivity contribution < 1.29 is 19.5 Å².